The fourth-order valence-corrected chi connectivity index (χ4v) is 3.75. The van der Waals surface area contributed by atoms with E-state index in [4.69, 9.17) is 0 Å². The molecule has 0 spiro atoms. The van der Waals surface area contributed by atoms with Crippen molar-refractivity contribution in [2.45, 2.75) is 13.3 Å². The topological polar surface area (TPSA) is 77.1 Å². The minimum absolute atomic E-state index is 0.109. The van der Waals surface area contributed by atoms with Crippen molar-refractivity contribution >= 4 is 22.1 Å². The van der Waals surface area contributed by atoms with Gasteiger partial charge in [0.25, 0.3) is 5.56 Å². The highest BCUT2D eigenvalue weighted by Crippen LogP contribution is 2.23. The van der Waals surface area contributed by atoms with Crippen LogP contribution in [0, 0.1) is 6.92 Å². The molecular weight excluding hydrogens is 352 g/mol. The smallest absolute Gasteiger partial charge is 0.258 e. The van der Waals surface area contributed by atoms with Crippen molar-refractivity contribution < 1.29 is 0 Å². The van der Waals surface area contributed by atoms with Gasteiger partial charge >= 0.3 is 0 Å². The first-order chi connectivity index (χ1) is 13.6. The van der Waals surface area contributed by atoms with E-state index in [0.717, 1.165) is 41.7 Å². The van der Waals surface area contributed by atoms with Gasteiger partial charge in [-0.15, -0.1) is 0 Å². The Morgan fingerprint density at radius 1 is 1.11 bits per heavy atom. The standard InChI is InChI=1S/C21H20N6O/c1-13-21-16(11-26(2)25-21)9-17(23-13)18-10-20(28)27-12-15(3-4-19(27)24-18)14-5-7-22-8-6-14/h3-5,9-12,22H,6-8H2,1-2H3. The van der Waals surface area contributed by atoms with Gasteiger partial charge in [0, 0.05) is 37.4 Å². The molecular formula is C21H20N6O. The summed E-state index contributed by atoms with van der Waals surface area (Å²) in [6.07, 6.45) is 6.96. The Kier molecular flexibility index (Phi) is 3.84. The molecule has 0 aliphatic carbocycles. The number of nitrogens with zero attached hydrogens (tertiary/aromatic N) is 5. The summed E-state index contributed by atoms with van der Waals surface area (Å²) < 4.78 is 3.37. The van der Waals surface area contributed by atoms with Crippen LogP contribution in [0.25, 0.3) is 33.5 Å². The highest BCUT2D eigenvalue weighted by molar-refractivity contribution is 5.83. The summed E-state index contributed by atoms with van der Waals surface area (Å²) in [5, 5.41) is 8.72. The average Bonchev–Trinajstić information content (AvgIpc) is 3.09. The molecule has 4 aromatic heterocycles. The third-order valence-corrected chi connectivity index (χ3v) is 5.14. The maximum Gasteiger partial charge on any atom is 0.258 e. The van der Waals surface area contributed by atoms with Crippen LogP contribution in [-0.2, 0) is 7.05 Å². The molecule has 4 aromatic rings. The van der Waals surface area contributed by atoms with E-state index in [-0.39, 0.29) is 5.56 Å². The van der Waals surface area contributed by atoms with Crippen molar-refractivity contribution in [1.82, 2.24) is 29.5 Å². The van der Waals surface area contributed by atoms with Gasteiger partial charge < -0.3 is 5.32 Å². The predicted octanol–water partition coefficient (Wildman–Crippen LogP) is 2.33. The van der Waals surface area contributed by atoms with Crippen molar-refractivity contribution in [3.05, 3.63) is 64.3 Å². The molecule has 1 aliphatic heterocycles. The fourth-order valence-electron chi connectivity index (χ4n) is 3.75. The Hall–Kier alpha value is -3.32. The summed E-state index contributed by atoms with van der Waals surface area (Å²) in [5.74, 6) is 0. The molecule has 5 rings (SSSR count). The first-order valence-corrected chi connectivity index (χ1v) is 9.33. The molecule has 0 atom stereocenters. The zero-order chi connectivity index (χ0) is 19.3. The Bertz CT molecular complexity index is 1310. The zero-order valence-corrected chi connectivity index (χ0v) is 15.8. The van der Waals surface area contributed by atoms with Crippen LogP contribution in [0.2, 0.25) is 0 Å². The molecule has 7 heteroatoms. The number of rotatable bonds is 2. The minimum atomic E-state index is -0.109. The third kappa shape index (κ3) is 2.80. The van der Waals surface area contributed by atoms with Crippen LogP contribution in [-0.4, -0.2) is 37.2 Å². The van der Waals surface area contributed by atoms with E-state index in [2.05, 4.69) is 26.5 Å². The SMILES string of the molecule is Cc1nc(-c2cc(=O)n3cc(C4=CCNCC4)ccc3n2)cc2cn(C)nc12. The van der Waals surface area contributed by atoms with Gasteiger partial charge in [0.1, 0.15) is 11.2 Å². The fraction of sp³-hybridized carbons (Fsp3) is 0.238. The first kappa shape index (κ1) is 16.8. The van der Waals surface area contributed by atoms with E-state index in [0.29, 0.717) is 17.0 Å². The Balaban J connectivity index is 1.63. The summed E-state index contributed by atoms with van der Waals surface area (Å²) in [4.78, 5) is 22.1. The molecule has 140 valence electrons. The van der Waals surface area contributed by atoms with Gasteiger partial charge in [-0.3, -0.25) is 13.9 Å². The molecule has 0 fully saturated rings. The van der Waals surface area contributed by atoms with Crippen LogP contribution in [0.4, 0.5) is 0 Å². The number of fused-ring (bicyclic) bond motifs is 2. The first-order valence-electron chi connectivity index (χ1n) is 9.33. The lowest BCUT2D eigenvalue weighted by molar-refractivity contribution is 0.738. The molecule has 7 nitrogen and oxygen atoms in total. The summed E-state index contributed by atoms with van der Waals surface area (Å²) in [5.41, 5.74) is 5.78. The number of hydrogen-bond acceptors (Lipinski definition) is 5. The van der Waals surface area contributed by atoms with Gasteiger partial charge in [0.05, 0.1) is 17.1 Å². The van der Waals surface area contributed by atoms with E-state index in [1.165, 1.54) is 5.57 Å². The maximum atomic E-state index is 12.8. The highest BCUT2D eigenvalue weighted by Gasteiger charge is 2.12. The second kappa shape index (κ2) is 6.38. The van der Waals surface area contributed by atoms with Gasteiger partial charge in [0.2, 0.25) is 0 Å². The zero-order valence-electron chi connectivity index (χ0n) is 15.8. The molecule has 1 aliphatic rings. The monoisotopic (exact) mass is 372 g/mol. The van der Waals surface area contributed by atoms with E-state index >= 15 is 0 Å². The van der Waals surface area contributed by atoms with Gasteiger partial charge in [-0.2, -0.15) is 5.10 Å². The number of aryl methyl sites for hydroxylation is 2. The molecule has 5 heterocycles. The van der Waals surface area contributed by atoms with Crippen LogP contribution >= 0.6 is 0 Å². The lowest BCUT2D eigenvalue weighted by Gasteiger charge is -2.15. The molecule has 1 N–H and O–H groups in total. The summed E-state index contributed by atoms with van der Waals surface area (Å²) in [6.45, 7) is 3.74. The van der Waals surface area contributed by atoms with Crippen LogP contribution in [0.3, 0.4) is 0 Å². The van der Waals surface area contributed by atoms with Crippen molar-refractivity contribution in [3.63, 3.8) is 0 Å². The maximum absolute atomic E-state index is 12.8. The van der Waals surface area contributed by atoms with Gasteiger partial charge in [0.15, 0.2) is 0 Å². The molecule has 0 aromatic carbocycles. The molecule has 0 saturated carbocycles. The van der Waals surface area contributed by atoms with Gasteiger partial charge in [-0.1, -0.05) is 6.08 Å². The van der Waals surface area contributed by atoms with E-state index in [1.54, 1.807) is 15.1 Å². The van der Waals surface area contributed by atoms with E-state index in [9.17, 15) is 4.79 Å². The van der Waals surface area contributed by atoms with Crippen LogP contribution in [0.1, 0.15) is 17.7 Å². The number of hydrogen-bond donors (Lipinski definition) is 1. The van der Waals surface area contributed by atoms with Crippen LogP contribution in [0.5, 0.6) is 0 Å². The molecule has 0 bridgehead atoms. The Morgan fingerprint density at radius 3 is 2.79 bits per heavy atom. The van der Waals surface area contributed by atoms with Crippen LogP contribution < -0.4 is 10.9 Å². The minimum Gasteiger partial charge on any atom is -0.313 e. The number of pyridine rings is 2. The van der Waals surface area contributed by atoms with E-state index < -0.39 is 0 Å². The molecule has 0 saturated heterocycles. The quantitative estimate of drug-likeness (QED) is 0.584. The Morgan fingerprint density at radius 2 is 1.96 bits per heavy atom. The van der Waals surface area contributed by atoms with Gasteiger partial charge in [-0.25, -0.2) is 9.97 Å². The summed E-state index contributed by atoms with van der Waals surface area (Å²) >= 11 is 0. The predicted molar refractivity (Wildman–Crippen MR) is 109 cm³/mol. The molecule has 0 unspecified atom stereocenters. The second-order valence-electron chi connectivity index (χ2n) is 7.14. The summed E-state index contributed by atoms with van der Waals surface area (Å²) in [7, 11) is 1.88. The van der Waals surface area contributed by atoms with Crippen molar-refractivity contribution in [1.29, 1.82) is 0 Å². The Labute approximate surface area is 161 Å². The van der Waals surface area contributed by atoms with Crippen molar-refractivity contribution in [3.8, 4) is 11.4 Å². The number of nitrogens with one attached hydrogen (secondary N) is 1. The second-order valence-corrected chi connectivity index (χ2v) is 7.14. The van der Waals surface area contributed by atoms with Crippen LogP contribution in [0.15, 0.2) is 47.5 Å². The van der Waals surface area contributed by atoms with Gasteiger partial charge in [-0.05, 0) is 49.2 Å². The highest BCUT2D eigenvalue weighted by atomic mass is 16.1. The summed E-state index contributed by atoms with van der Waals surface area (Å²) in [6, 6.07) is 7.42. The molecule has 0 amide bonds. The molecule has 28 heavy (non-hydrogen) atoms. The largest absolute Gasteiger partial charge is 0.313 e. The van der Waals surface area contributed by atoms with Crippen molar-refractivity contribution in [2.75, 3.05) is 13.1 Å². The average molecular weight is 372 g/mol. The lowest BCUT2D eigenvalue weighted by Crippen LogP contribution is -2.20. The molecule has 0 radical (unpaired) electrons. The number of aromatic nitrogens is 5. The van der Waals surface area contributed by atoms with E-state index in [1.807, 2.05) is 44.6 Å². The normalized spacial score (nSPS) is 14.6. The third-order valence-electron chi connectivity index (χ3n) is 5.14. The van der Waals surface area contributed by atoms with Crippen molar-refractivity contribution in [2.24, 2.45) is 7.05 Å². The lowest BCUT2D eigenvalue weighted by atomic mass is 10.0.